The van der Waals surface area contributed by atoms with Crippen molar-refractivity contribution < 1.29 is 9.90 Å². The van der Waals surface area contributed by atoms with Crippen LogP contribution in [0.5, 0.6) is 0 Å². The molecular weight excluding hydrogens is 368 g/mol. The molecule has 0 fully saturated rings. The van der Waals surface area contributed by atoms with Gasteiger partial charge in [0.15, 0.2) is 0 Å². The summed E-state index contributed by atoms with van der Waals surface area (Å²) in [5, 5.41) is 8.59. The van der Waals surface area contributed by atoms with Crippen molar-refractivity contribution in [3.05, 3.63) is 24.3 Å². The van der Waals surface area contributed by atoms with Gasteiger partial charge in [-0.15, -0.1) is 0 Å². The molecule has 1 N–H and O–H groups in total. The highest BCUT2D eigenvalue weighted by Crippen LogP contribution is 2.13. The van der Waals surface area contributed by atoms with Crippen molar-refractivity contribution in [1.29, 1.82) is 0 Å². The number of allylic oxidation sites excluding steroid dienone is 4. The van der Waals surface area contributed by atoms with E-state index in [0.29, 0.717) is 6.42 Å². The number of carboxylic acids is 1. The maximum absolute atomic E-state index is 10.4. The van der Waals surface area contributed by atoms with Crippen LogP contribution >= 0.6 is 0 Å². The van der Waals surface area contributed by atoms with E-state index in [1.54, 1.807) is 0 Å². The SMILES string of the molecule is CCCCCCCCCC=CCC=CCCCCCCCCCCCCCC(=O)O. The molecule has 0 aliphatic rings. The van der Waals surface area contributed by atoms with Crippen LogP contribution in [0.4, 0.5) is 0 Å². The minimum atomic E-state index is -0.656. The number of carbonyl (C=O) groups is 1. The van der Waals surface area contributed by atoms with Crippen LogP contribution in [0.25, 0.3) is 0 Å². The van der Waals surface area contributed by atoms with E-state index in [0.717, 1.165) is 19.3 Å². The molecule has 0 unspecified atom stereocenters. The van der Waals surface area contributed by atoms with Gasteiger partial charge in [-0.25, -0.2) is 0 Å². The highest BCUT2D eigenvalue weighted by Gasteiger charge is 1.97. The van der Waals surface area contributed by atoms with Crippen molar-refractivity contribution in [3.8, 4) is 0 Å². The summed E-state index contributed by atoms with van der Waals surface area (Å²) in [7, 11) is 0. The number of carboxylic acid groups (broad SMARTS) is 1. The Labute approximate surface area is 188 Å². The third-order valence-electron chi connectivity index (χ3n) is 5.84. The summed E-state index contributed by atoms with van der Waals surface area (Å²) in [6.45, 7) is 2.28. The van der Waals surface area contributed by atoms with E-state index in [2.05, 4.69) is 31.2 Å². The quantitative estimate of drug-likeness (QED) is 0.125. The third-order valence-corrected chi connectivity index (χ3v) is 5.84. The lowest BCUT2D eigenvalue weighted by Crippen LogP contribution is -1.93. The molecule has 0 bridgehead atoms. The predicted molar refractivity (Wildman–Crippen MR) is 133 cm³/mol. The monoisotopic (exact) mass is 420 g/mol. The van der Waals surface area contributed by atoms with Gasteiger partial charge in [-0.3, -0.25) is 4.79 Å². The van der Waals surface area contributed by atoms with Crippen LogP contribution in [0.3, 0.4) is 0 Å². The Morgan fingerprint density at radius 2 is 0.900 bits per heavy atom. The topological polar surface area (TPSA) is 37.3 Å². The second kappa shape index (κ2) is 26.0. The predicted octanol–water partition coefficient (Wildman–Crippen LogP) is 9.79. The number of unbranched alkanes of at least 4 members (excludes halogenated alkanes) is 18. The fraction of sp³-hybridized carbons (Fsp3) is 0.821. The maximum Gasteiger partial charge on any atom is 0.303 e. The average Bonchev–Trinajstić information content (AvgIpc) is 2.73. The van der Waals surface area contributed by atoms with Gasteiger partial charge in [0.25, 0.3) is 0 Å². The number of hydrogen-bond donors (Lipinski definition) is 1. The second-order valence-corrected chi connectivity index (χ2v) is 8.91. The Kier molecular flexibility index (Phi) is 25.1. The summed E-state index contributed by atoms with van der Waals surface area (Å²) in [6.07, 6.45) is 37.0. The smallest absolute Gasteiger partial charge is 0.303 e. The summed E-state index contributed by atoms with van der Waals surface area (Å²) in [6, 6.07) is 0. The molecule has 2 nitrogen and oxygen atoms in total. The van der Waals surface area contributed by atoms with Crippen molar-refractivity contribution in [3.63, 3.8) is 0 Å². The molecule has 0 amide bonds. The Hall–Kier alpha value is -1.05. The standard InChI is InChI=1S/C28H52O2/c1-2-3-4-5-6-7-8-9-10-11-12-13-14-15-16-17-18-19-20-21-22-23-24-25-26-27-28(29)30/h10-11,13-14H,2-9,12,15-27H2,1H3,(H,29,30). The van der Waals surface area contributed by atoms with Crippen LogP contribution in [0.15, 0.2) is 24.3 Å². The fourth-order valence-corrected chi connectivity index (χ4v) is 3.86. The van der Waals surface area contributed by atoms with Crippen molar-refractivity contribution in [2.75, 3.05) is 0 Å². The zero-order chi connectivity index (χ0) is 22.0. The maximum atomic E-state index is 10.4. The molecule has 0 aromatic carbocycles. The minimum absolute atomic E-state index is 0.338. The molecule has 0 aliphatic heterocycles. The van der Waals surface area contributed by atoms with E-state index in [-0.39, 0.29) is 0 Å². The Bertz CT molecular complexity index is 397. The van der Waals surface area contributed by atoms with Crippen LogP contribution in [0.2, 0.25) is 0 Å². The van der Waals surface area contributed by atoms with Gasteiger partial charge in [0.2, 0.25) is 0 Å². The molecule has 176 valence electrons. The molecule has 0 spiro atoms. The summed E-state index contributed by atoms with van der Waals surface area (Å²) in [5.41, 5.74) is 0. The molecular formula is C28H52O2. The Morgan fingerprint density at radius 1 is 0.533 bits per heavy atom. The lowest BCUT2D eigenvalue weighted by atomic mass is 10.0. The van der Waals surface area contributed by atoms with E-state index < -0.39 is 5.97 Å². The first-order valence-corrected chi connectivity index (χ1v) is 13.3. The first-order chi connectivity index (χ1) is 14.8. The number of hydrogen-bond acceptors (Lipinski definition) is 1. The van der Waals surface area contributed by atoms with Gasteiger partial charge < -0.3 is 5.11 Å². The Balaban J connectivity index is 3.15. The molecule has 2 heteroatoms. The van der Waals surface area contributed by atoms with Gasteiger partial charge in [0.05, 0.1) is 0 Å². The zero-order valence-corrected chi connectivity index (χ0v) is 20.2. The van der Waals surface area contributed by atoms with E-state index in [1.165, 1.54) is 116 Å². The molecule has 0 aromatic heterocycles. The molecule has 0 saturated heterocycles. The lowest BCUT2D eigenvalue weighted by molar-refractivity contribution is -0.137. The summed E-state index contributed by atoms with van der Waals surface area (Å²) in [5.74, 6) is -0.656. The summed E-state index contributed by atoms with van der Waals surface area (Å²) in [4.78, 5) is 10.4. The van der Waals surface area contributed by atoms with Crippen molar-refractivity contribution in [2.45, 2.75) is 148 Å². The Morgan fingerprint density at radius 3 is 1.30 bits per heavy atom. The van der Waals surface area contributed by atoms with Gasteiger partial charge in [0, 0.05) is 6.42 Å². The third kappa shape index (κ3) is 27.0. The van der Waals surface area contributed by atoms with Crippen LogP contribution in [-0.4, -0.2) is 11.1 Å². The highest BCUT2D eigenvalue weighted by molar-refractivity contribution is 5.66. The minimum Gasteiger partial charge on any atom is -0.481 e. The number of aliphatic carboxylic acids is 1. The molecule has 0 heterocycles. The van der Waals surface area contributed by atoms with E-state index >= 15 is 0 Å². The van der Waals surface area contributed by atoms with Gasteiger partial charge >= 0.3 is 5.97 Å². The highest BCUT2D eigenvalue weighted by atomic mass is 16.4. The van der Waals surface area contributed by atoms with Crippen molar-refractivity contribution in [1.82, 2.24) is 0 Å². The van der Waals surface area contributed by atoms with Crippen LogP contribution in [0, 0.1) is 0 Å². The van der Waals surface area contributed by atoms with Gasteiger partial charge in [0.1, 0.15) is 0 Å². The average molecular weight is 421 g/mol. The van der Waals surface area contributed by atoms with Crippen molar-refractivity contribution in [2.24, 2.45) is 0 Å². The first-order valence-electron chi connectivity index (χ1n) is 13.3. The number of rotatable bonds is 24. The second-order valence-electron chi connectivity index (χ2n) is 8.91. The van der Waals surface area contributed by atoms with Crippen LogP contribution in [0.1, 0.15) is 148 Å². The zero-order valence-electron chi connectivity index (χ0n) is 20.2. The molecule has 0 aromatic rings. The molecule has 0 rings (SSSR count). The van der Waals surface area contributed by atoms with Crippen LogP contribution in [-0.2, 0) is 4.79 Å². The molecule has 0 radical (unpaired) electrons. The summed E-state index contributed by atoms with van der Waals surface area (Å²) < 4.78 is 0. The van der Waals surface area contributed by atoms with E-state index in [4.69, 9.17) is 5.11 Å². The lowest BCUT2D eigenvalue weighted by Gasteiger charge is -2.02. The summed E-state index contributed by atoms with van der Waals surface area (Å²) >= 11 is 0. The van der Waals surface area contributed by atoms with E-state index in [9.17, 15) is 4.79 Å². The molecule has 0 aliphatic carbocycles. The van der Waals surface area contributed by atoms with Gasteiger partial charge in [-0.2, -0.15) is 0 Å². The fourth-order valence-electron chi connectivity index (χ4n) is 3.86. The molecule has 30 heavy (non-hydrogen) atoms. The molecule has 0 saturated carbocycles. The van der Waals surface area contributed by atoms with Gasteiger partial charge in [-0.05, 0) is 38.5 Å². The van der Waals surface area contributed by atoms with E-state index in [1.807, 2.05) is 0 Å². The largest absolute Gasteiger partial charge is 0.481 e. The normalized spacial score (nSPS) is 11.8. The van der Waals surface area contributed by atoms with Gasteiger partial charge in [-0.1, -0.05) is 128 Å². The first kappa shape index (κ1) is 28.9. The van der Waals surface area contributed by atoms with Crippen molar-refractivity contribution >= 4 is 5.97 Å². The molecule has 0 atom stereocenters. The van der Waals surface area contributed by atoms with Crippen LogP contribution < -0.4 is 0 Å².